The lowest BCUT2D eigenvalue weighted by atomic mass is 9.93. The highest BCUT2D eigenvalue weighted by molar-refractivity contribution is 7.90. The van der Waals surface area contributed by atoms with Crippen LogP contribution in [0.25, 0.3) is 0 Å². The number of rotatable bonds is 4. The van der Waals surface area contributed by atoms with Gasteiger partial charge in [-0.2, -0.15) is 0 Å². The summed E-state index contributed by atoms with van der Waals surface area (Å²) in [5.41, 5.74) is 2.20. The minimum atomic E-state index is -3.39. The molecule has 1 saturated heterocycles. The van der Waals surface area contributed by atoms with Crippen LogP contribution >= 0.6 is 23.2 Å². The van der Waals surface area contributed by atoms with Gasteiger partial charge in [0.15, 0.2) is 9.84 Å². The van der Waals surface area contributed by atoms with Crippen molar-refractivity contribution in [3.05, 3.63) is 99.5 Å². The van der Waals surface area contributed by atoms with E-state index in [0.717, 1.165) is 17.4 Å². The van der Waals surface area contributed by atoms with Crippen LogP contribution in [0.3, 0.4) is 0 Å². The molecule has 0 bridgehead atoms. The first-order valence-electron chi connectivity index (χ1n) is 11.9. The largest absolute Gasteiger partial charge is 0.353 e. The fraction of sp³-hybridized carbons (Fsp3) is 0.222. The van der Waals surface area contributed by atoms with E-state index in [-0.39, 0.29) is 23.4 Å². The van der Waals surface area contributed by atoms with Gasteiger partial charge in [-0.1, -0.05) is 47.5 Å². The van der Waals surface area contributed by atoms with Crippen LogP contribution in [0.5, 0.6) is 0 Å². The minimum Gasteiger partial charge on any atom is -0.353 e. The first kappa shape index (κ1) is 26.2. The predicted molar refractivity (Wildman–Crippen MR) is 146 cm³/mol. The van der Waals surface area contributed by atoms with E-state index in [4.69, 9.17) is 28.2 Å². The number of amides is 3. The molecule has 2 heterocycles. The zero-order valence-corrected chi connectivity index (χ0v) is 22.7. The highest BCUT2D eigenvalue weighted by atomic mass is 35.5. The molecule has 3 aromatic carbocycles. The van der Waals surface area contributed by atoms with Crippen LogP contribution in [-0.4, -0.2) is 61.9 Å². The van der Waals surface area contributed by atoms with Gasteiger partial charge in [-0.25, -0.2) is 13.2 Å². The van der Waals surface area contributed by atoms with Gasteiger partial charge < -0.3 is 10.2 Å². The van der Waals surface area contributed by atoms with E-state index in [9.17, 15) is 18.0 Å². The van der Waals surface area contributed by atoms with Gasteiger partial charge in [0, 0.05) is 35.0 Å². The molecule has 0 aliphatic carbocycles. The summed E-state index contributed by atoms with van der Waals surface area (Å²) in [5, 5.41) is 3.84. The van der Waals surface area contributed by atoms with Crippen LogP contribution < -0.4 is 5.32 Å². The first-order valence-corrected chi connectivity index (χ1v) is 14.5. The summed E-state index contributed by atoms with van der Waals surface area (Å²) in [5.74, 6) is 0.194. The Hall–Kier alpha value is -3.40. The van der Waals surface area contributed by atoms with Crippen molar-refractivity contribution in [3.63, 3.8) is 0 Å². The van der Waals surface area contributed by atoms with Crippen LogP contribution in [0.1, 0.15) is 28.8 Å². The van der Waals surface area contributed by atoms with Gasteiger partial charge in [-0.3, -0.25) is 14.7 Å². The molecule has 38 heavy (non-hydrogen) atoms. The molecule has 2 aliphatic rings. The van der Waals surface area contributed by atoms with Gasteiger partial charge in [0.25, 0.3) is 0 Å². The molecule has 196 valence electrons. The van der Waals surface area contributed by atoms with E-state index in [2.05, 4.69) is 5.32 Å². The molecule has 5 rings (SSSR count). The van der Waals surface area contributed by atoms with Gasteiger partial charge in [0.1, 0.15) is 18.4 Å². The quantitative estimate of drug-likeness (QED) is 0.499. The smallest absolute Gasteiger partial charge is 0.326 e. The standard InChI is InChI=1S/C27H24Cl2N4O4S/c1-38(36,37)22-12-6-17(7-13-22)24-25(18-2-8-20(28)9-3-18)33(27(35)32-15-14-30-23(34)16-32)26(31-24)19-4-10-21(29)11-5-19/h2-13,24-25H,14-16H2,1H3,(H,30,34). The molecule has 11 heteroatoms. The second-order valence-electron chi connectivity index (χ2n) is 9.17. The number of piperazine rings is 1. The minimum absolute atomic E-state index is 0.0652. The van der Waals surface area contributed by atoms with Crippen LogP contribution in [0, 0.1) is 0 Å². The van der Waals surface area contributed by atoms with Crippen molar-refractivity contribution in [3.8, 4) is 0 Å². The maximum Gasteiger partial charge on any atom is 0.326 e. The fourth-order valence-electron chi connectivity index (χ4n) is 4.67. The Bertz CT molecular complexity index is 1510. The Morgan fingerprint density at radius 2 is 1.50 bits per heavy atom. The van der Waals surface area contributed by atoms with Crippen molar-refractivity contribution in [1.82, 2.24) is 15.1 Å². The van der Waals surface area contributed by atoms with Gasteiger partial charge in [-0.05, 0) is 59.7 Å². The molecule has 2 aliphatic heterocycles. The number of urea groups is 1. The normalized spacial score (nSPS) is 19.8. The van der Waals surface area contributed by atoms with Crippen molar-refractivity contribution in [2.24, 2.45) is 4.99 Å². The summed E-state index contributed by atoms with van der Waals surface area (Å²) in [6.45, 7) is 0.647. The molecular formula is C27H24Cl2N4O4S. The summed E-state index contributed by atoms with van der Waals surface area (Å²) in [6, 6.07) is 19.2. The zero-order valence-electron chi connectivity index (χ0n) is 20.3. The molecule has 3 amide bonds. The highest BCUT2D eigenvalue weighted by Gasteiger charge is 2.44. The van der Waals surface area contributed by atoms with Gasteiger partial charge in [0.2, 0.25) is 5.91 Å². The lowest BCUT2D eigenvalue weighted by Crippen LogP contribution is -2.55. The number of carbonyl (C=O) groups excluding carboxylic acids is 2. The molecule has 0 spiro atoms. The molecule has 2 unspecified atom stereocenters. The number of halogens is 2. The Kier molecular flexibility index (Phi) is 7.17. The number of nitrogens with zero attached hydrogens (tertiary/aromatic N) is 3. The SMILES string of the molecule is CS(=O)(=O)c1ccc(C2N=C(c3ccc(Cl)cc3)N(C(=O)N3CCNC(=O)C3)C2c2ccc(Cl)cc2)cc1. The number of amidine groups is 1. The third kappa shape index (κ3) is 5.27. The maximum atomic E-state index is 14.1. The Balaban J connectivity index is 1.66. The van der Waals surface area contributed by atoms with Crippen molar-refractivity contribution in [1.29, 1.82) is 0 Å². The molecule has 1 N–H and O–H groups in total. The Morgan fingerprint density at radius 3 is 2.08 bits per heavy atom. The van der Waals surface area contributed by atoms with Crippen molar-refractivity contribution >= 4 is 50.8 Å². The summed E-state index contributed by atoms with van der Waals surface area (Å²) in [7, 11) is -3.39. The predicted octanol–water partition coefficient (Wildman–Crippen LogP) is 4.49. The summed E-state index contributed by atoms with van der Waals surface area (Å²) in [4.78, 5) is 34.5. The molecule has 0 aromatic heterocycles. The number of hydrogen-bond donors (Lipinski definition) is 1. The number of sulfone groups is 1. The zero-order chi connectivity index (χ0) is 27.0. The molecule has 0 saturated carbocycles. The number of carbonyl (C=O) groups is 2. The van der Waals surface area contributed by atoms with E-state index in [0.29, 0.717) is 34.5 Å². The summed E-state index contributed by atoms with van der Waals surface area (Å²) < 4.78 is 24.1. The first-order chi connectivity index (χ1) is 18.1. The monoisotopic (exact) mass is 570 g/mol. The topological polar surface area (TPSA) is 99.2 Å². The second kappa shape index (κ2) is 10.4. The van der Waals surface area contributed by atoms with E-state index in [1.54, 1.807) is 65.6 Å². The number of aliphatic imine (C=N–C) groups is 1. The van der Waals surface area contributed by atoms with E-state index in [1.165, 1.54) is 4.90 Å². The van der Waals surface area contributed by atoms with E-state index in [1.807, 2.05) is 12.1 Å². The average molecular weight is 571 g/mol. The van der Waals surface area contributed by atoms with Crippen molar-refractivity contribution < 1.29 is 18.0 Å². The maximum absolute atomic E-state index is 14.1. The summed E-state index contributed by atoms with van der Waals surface area (Å²) in [6.07, 6.45) is 1.15. The fourth-order valence-corrected chi connectivity index (χ4v) is 5.56. The van der Waals surface area contributed by atoms with Gasteiger partial charge in [-0.15, -0.1) is 0 Å². The molecule has 0 radical (unpaired) electrons. The van der Waals surface area contributed by atoms with Crippen molar-refractivity contribution in [2.45, 2.75) is 17.0 Å². The lowest BCUT2D eigenvalue weighted by molar-refractivity contribution is -0.123. The van der Waals surface area contributed by atoms with Crippen LogP contribution in [0.2, 0.25) is 10.0 Å². The second-order valence-corrected chi connectivity index (χ2v) is 12.1. The number of hydrogen-bond acceptors (Lipinski definition) is 5. The molecule has 2 atom stereocenters. The number of nitrogens with one attached hydrogen (secondary N) is 1. The van der Waals surface area contributed by atoms with Crippen molar-refractivity contribution in [2.75, 3.05) is 25.9 Å². The number of benzene rings is 3. The van der Waals surface area contributed by atoms with Crippen LogP contribution in [-0.2, 0) is 14.6 Å². The molecule has 8 nitrogen and oxygen atoms in total. The van der Waals surface area contributed by atoms with Crippen LogP contribution in [0.4, 0.5) is 4.79 Å². The molecule has 3 aromatic rings. The Labute approximate surface area is 230 Å². The lowest BCUT2D eigenvalue weighted by Gasteiger charge is -2.35. The van der Waals surface area contributed by atoms with Gasteiger partial charge in [0.05, 0.1) is 10.9 Å². The summed E-state index contributed by atoms with van der Waals surface area (Å²) >= 11 is 12.3. The third-order valence-electron chi connectivity index (χ3n) is 6.55. The van der Waals surface area contributed by atoms with E-state index >= 15 is 0 Å². The molecular weight excluding hydrogens is 547 g/mol. The third-order valence-corrected chi connectivity index (χ3v) is 8.18. The van der Waals surface area contributed by atoms with Gasteiger partial charge >= 0.3 is 6.03 Å². The average Bonchev–Trinajstić information content (AvgIpc) is 3.29. The molecule has 1 fully saturated rings. The van der Waals surface area contributed by atoms with Crippen LogP contribution in [0.15, 0.2) is 82.7 Å². The highest BCUT2D eigenvalue weighted by Crippen LogP contribution is 2.44. The van der Waals surface area contributed by atoms with E-state index < -0.39 is 21.9 Å². The Morgan fingerprint density at radius 1 is 0.921 bits per heavy atom.